The van der Waals surface area contributed by atoms with Crippen LogP contribution in [0.2, 0.25) is 0 Å². The molecule has 0 bridgehead atoms. The van der Waals surface area contributed by atoms with Crippen LogP contribution in [0.1, 0.15) is 38.5 Å². The monoisotopic (exact) mass is 224 g/mol. The summed E-state index contributed by atoms with van der Waals surface area (Å²) in [5, 5.41) is 0. The Morgan fingerprint density at radius 3 is 2.75 bits per heavy atom. The van der Waals surface area contributed by atoms with Gasteiger partial charge < -0.3 is 10.5 Å². The Balaban J connectivity index is 1.72. The maximum Gasteiger partial charge on any atom is 0.0731 e. The van der Waals surface area contributed by atoms with Crippen LogP contribution < -0.4 is 5.73 Å². The molecule has 0 spiro atoms. The predicted molar refractivity (Wildman–Crippen MR) is 64.3 cm³/mol. The van der Waals surface area contributed by atoms with Gasteiger partial charge in [0.15, 0.2) is 0 Å². The van der Waals surface area contributed by atoms with E-state index in [0.717, 1.165) is 31.7 Å². The molecule has 92 valence electrons. The van der Waals surface area contributed by atoms with Gasteiger partial charge in [-0.25, -0.2) is 0 Å². The van der Waals surface area contributed by atoms with Crippen LogP contribution in [0.4, 0.5) is 0 Å². The fraction of sp³-hybridized carbons (Fsp3) is 1.00. The van der Waals surface area contributed by atoms with E-state index in [1.807, 2.05) is 0 Å². The van der Waals surface area contributed by atoms with Crippen molar-refractivity contribution in [2.45, 2.75) is 56.7 Å². The van der Waals surface area contributed by atoms with Crippen molar-refractivity contribution in [1.82, 2.24) is 4.90 Å². The zero-order valence-corrected chi connectivity index (χ0v) is 10.1. The van der Waals surface area contributed by atoms with Gasteiger partial charge in [0.1, 0.15) is 0 Å². The maximum absolute atomic E-state index is 5.91. The Labute approximate surface area is 98.3 Å². The summed E-state index contributed by atoms with van der Waals surface area (Å²) in [6, 6.07) is 1.48. The van der Waals surface area contributed by atoms with Crippen molar-refractivity contribution >= 4 is 0 Å². The largest absolute Gasteiger partial charge is 0.375 e. The molecule has 1 heterocycles. The van der Waals surface area contributed by atoms with Crippen molar-refractivity contribution < 1.29 is 4.74 Å². The van der Waals surface area contributed by atoms with Crippen LogP contribution in [0.3, 0.4) is 0 Å². The van der Waals surface area contributed by atoms with E-state index in [4.69, 9.17) is 10.5 Å². The standard InChI is InChI=1S/C13H24N2O/c14-9-10-3-1-4-11(10)15-7-8-16-13-6-2-5-12(13)15/h10-13H,1-9,14H2. The van der Waals surface area contributed by atoms with Gasteiger partial charge in [-0.3, -0.25) is 4.90 Å². The summed E-state index contributed by atoms with van der Waals surface area (Å²) in [6.45, 7) is 2.96. The van der Waals surface area contributed by atoms with Crippen LogP contribution in [-0.2, 0) is 4.74 Å². The molecule has 0 aromatic carbocycles. The zero-order valence-electron chi connectivity index (χ0n) is 10.1. The predicted octanol–water partition coefficient (Wildman–Crippen LogP) is 1.37. The van der Waals surface area contributed by atoms with Gasteiger partial charge in [0.05, 0.1) is 12.7 Å². The van der Waals surface area contributed by atoms with Crippen LogP contribution in [0.5, 0.6) is 0 Å². The summed E-state index contributed by atoms with van der Waals surface area (Å²) in [5.74, 6) is 0.749. The molecule has 3 nitrogen and oxygen atoms in total. The van der Waals surface area contributed by atoms with Gasteiger partial charge in [-0.05, 0) is 44.6 Å². The SMILES string of the molecule is NCC1CCCC1N1CCOC2CCCC21. The van der Waals surface area contributed by atoms with E-state index >= 15 is 0 Å². The lowest BCUT2D eigenvalue weighted by atomic mass is 9.98. The van der Waals surface area contributed by atoms with E-state index in [0.29, 0.717) is 12.1 Å². The Morgan fingerprint density at radius 1 is 1.06 bits per heavy atom. The van der Waals surface area contributed by atoms with Crippen molar-refractivity contribution in [3.63, 3.8) is 0 Å². The smallest absolute Gasteiger partial charge is 0.0731 e. The first-order valence-corrected chi connectivity index (χ1v) is 6.97. The van der Waals surface area contributed by atoms with Crippen molar-refractivity contribution in [3.8, 4) is 0 Å². The Hall–Kier alpha value is -0.120. The Kier molecular flexibility index (Phi) is 3.18. The zero-order chi connectivity index (χ0) is 11.0. The van der Waals surface area contributed by atoms with Crippen molar-refractivity contribution in [2.24, 2.45) is 11.7 Å². The van der Waals surface area contributed by atoms with Crippen LogP contribution >= 0.6 is 0 Å². The summed E-state index contributed by atoms with van der Waals surface area (Å²) < 4.78 is 5.89. The van der Waals surface area contributed by atoms with Gasteiger partial charge in [-0.15, -0.1) is 0 Å². The average molecular weight is 224 g/mol. The van der Waals surface area contributed by atoms with Crippen molar-refractivity contribution in [3.05, 3.63) is 0 Å². The van der Waals surface area contributed by atoms with E-state index in [1.165, 1.54) is 38.5 Å². The van der Waals surface area contributed by atoms with E-state index in [1.54, 1.807) is 0 Å². The van der Waals surface area contributed by atoms with Crippen LogP contribution in [-0.4, -0.2) is 42.8 Å². The number of nitrogens with two attached hydrogens (primary N) is 1. The molecular weight excluding hydrogens is 200 g/mol. The molecule has 0 amide bonds. The van der Waals surface area contributed by atoms with E-state index in [9.17, 15) is 0 Å². The molecule has 0 radical (unpaired) electrons. The van der Waals surface area contributed by atoms with E-state index in [-0.39, 0.29) is 0 Å². The lowest BCUT2D eigenvalue weighted by molar-refractivity contribution is -0.0765. The van der Waals surface area contributed by atoms with E-state index in [2.05, 4.69) is 4.90 Å². The third-order valence-corrected chi connectivity index (χ3v) is 4.87. The maximum atomic E-state index is 5.91. The second-order valence-corrected chi connectivity index (χ2v) is 5.64. The van der Waals surface area contributed by atoms with Gasteiger partial charge >= 0.3 is 0 Å². The van der Waals surface area contributed by atoms with Gasteiger partial charge in [-0.1, -0.05) is 6.42 Å². The highest BCUT2D eigenvalue weighted by molar-refractivity contribution is 4.96. The molecule has 16 heavy (non-hydrogen) atoms. The molecular formula is C13H24N2O. The minimum Gasteiger partial charge on any atom is -0.375 e. The van der Waals surface area contributed by atoms with Gasteiger partial charge in [0, 0.05) is 18.6 Å². The molecule has 2 aliphatic carbocycles. The molecule has 4 unspecified atom stereocenters. The fourth-order valence-electron chi connectivity index (χ4n) is 4.10. The minimum absolute atomic E-state index is 0.535. The molecule has 3 heteroatoms. The normalized spacial score (nSPS) is 44.8. The summed E-state index contributed by atoms with van der Waals surface area (Å²) in [6.07, 6.45) is 8.60. The number of nitrogens with zero attached hydrogens (tertiary/aromatic N) is 1. The number of fused-ring (bicyclic) bond motifs is 1. The van der Waals surface area contributed by atoms with Crippen LogP contribution in [0.15, 0.2) is 0 Å². The highest BCUT2D eigenvalue weighted by Gasteiger charge is 2.42. The first kappa shape index (κ1) is 11.0. The number of hydrogen-bond donors (Lipinski definition) is 1. The molecule has 0 aromatic rings. The van der Waals surface area contributed by atoms with Gasteiger partial charge in [0.2, 0.25) is 0 Å². The van der Waals surface area contributed by atoms with Gasteiger partial charge in [0.25, 0.3) is 0 Å². The quantitative estimate of drug-likeness (QED) is 0.770. The van der Waals surface area contributed by atoms with Crippen LogP contribution in [0, 0.1) is 5.92 Å². The molecule has 1 saturated heterocycles. The third kappa shape index (κ3) is 1.79. The first-order valence-electron chi connectivity index (χ1n) is 6.97. The third-order valence-electron chi connectivity index (χ3n) is 4.87. The fourth-order valence-corrected chi connectivity index (χ4v) is 4.10. The number of morpholine rings is 1. The lowest BCUT2D eigenvalue weighted by Gasteiger charge is -2.43. The van der Waals surface area contributed by atoms with E-state index < -0.39 is 0 Å². The average Bonchev–Trinajstić information content (AvgIpc) is 2.96. The topological polar surface area (TPSA) is 38.5 Å². The second-order valence-electron chi connectivity index (χ2n) is 5.64. The summed E-state index contributed by atoms with van der Waals surface area (Å²) in [5.41, 5.74) is 5.91. The number of rotatable bonds is 2. The van der Waals surface area contributed by atoms with Crippen molar-refractivity contribution in [1.29, 1.82) is 0 Å². The minimum atomic E-state index is 0.535. The molecule has 0 aromatic heterocycles. The van der Waals surface area contributed by atoms with Crippen molar-refractivity contribution in [2.75, 3.05) is 19.7 Å². The molecule has 4 atom stereocenters. The highest BCUT2D eigenvalue weighted by atomic mass is 16.5. The lowest BCUT2D eigenvalue weighted by Crippen LogP contribution is -2.54. The summed E-state index contributed by atoms with van der Waals surface area (Å²) in [4.78, 5) is 2.76. The Morgan fingerprint density at radius 2 is 1.88 bits per heavy atom. The molecule has 3 aliphatic rings. The summed E-state index contributed by atoms with van der Waals surface area (Å²) in [7, 11) is 0. The molecule has 2 N–H and O–H groups in total. The molecule has 3 rings (SSSR count). The molecule has 3 fully saturated rings. The first-order chi connectivity index (χ1) is 7.90. The molecule has 2 saturated carbocycles. The second kappa shape index (κ2) is 4.63. The number of hydrogen-bond acceptors (Lipinski definition) is 3. The Bertz CT molecular complexity index is 246. The summed E-state index contributed by atoms with van der Waals surface area (Å²) >= 11 is 0. The number of ether oxygens (including phenoxy) is 1. The van der Waals surface area contributed by atoms with Gasteiger partial charge in [-0.2, -0.15) is 0 Å². The highest BCUT2D eigenvalue weighted by Crippen LogP contribution is 2.37. The molecule has 1 aliphatic heterocycles. The van der Waals surface area contributed by atoms with Crippen LogP contribution in [0.25, 0.3) is 0 Å².